The number of H-pyrrole nitrogens is 1. The van der Waals surface area contributed by atoms with Gasteiger partial charge in [-0.1, -0.05) is 0 Å². The van der Waals surface area contributed by atoms with E-state index in [4.69, 9.17) is 4.42 Å². The number of rotatable bonds is 3. The molecular formula is C19H26N4O3. The van der Waals surface area contributed by atoms with Gasteiger partial charge in [0, 0.05) is 37.8 Å². The molecule has 2 aliphatic heterocycles. The molecule has 0 aliphatic carbocycles. The highest BCUT2D eigenvalue weighted by atomic mass is 16.4. The number of amides is 1. The number of oxazole rings is 1. The molecule has 2 saturated heterocycles. The zero-order chi connectivity index (χ0) is 18.3. The summed E-state index contributed by atoms with van der Waals surface area (Å²) in [5.74, 6) is -0.508. The minimum Gasteiger partial charge on any atom is -0.408 e. The summed E-state index contributed by atoms with van der Waals surface area (Å²) in [7, 11) is 4.06. The number of likely N-dealkylation sites (tertiary alicyclic amines) is 2. The van der Waals surface area contributed by atoms with E-state index in [-0.39, 0.29) is 11.9 Å². The molecule has 7 nitrogen and oxygen atoms in total. The van der Waals surface area contributed by atoms with Crippen molar-refractivity contribution >= 4 is 17.0 Å². The smallest absolute Gasteiger partial charge is 0.408 e. The van der Waals surface area contributed by atoms with Gasteiger partial charge in [0.1, 0.15) is 0 Å². The average Bonchev–Trinajstić information content (AvgIpc) is 3.26. The number of carbonyl (C=O) groups is 1. The van der Waals surface area contributed by atoms with Crippen LogP contribution in [0.1, 0.15) is 29.6 Å². The van der Waals surface area contributed by atoms with Crippen molar-refractivity contribution in [3.05, 3.63) is 34.3 Å². The Balaban J connectivity index is 1.42. The Hall–Kier alpha value is -2.12. The van der Waals surface area contributed by atoms with Gasteiger partial charge in [0.25, 0.3) is 5.91 Å². The number of hydrogen-bond acceptors (Lipinski definition) is 5. The first-order chi connectivity index (χ1) is 12.5. The van der Waals surface area contributed by atoms with E-state index in [2.05, 4.69) is 21.8 Å². The maximum Gasteiger partial charge on any atom is 0.417 e. The van der Waals surface area contributed by atoms with Crippen LogP contribution in [0.3, 0.4) is 0 Å². The van der Waals surface area contributed by atoms with Gasteiger partial charge in [0.05, 0.1) is 5.52 Å². The predicted molar refractivity (Wildman–Crippen MR) is 99.4 cm³/mol. The molecule has 3 heterocycles. The quantitative estimate of drug-likeness (QED) is 0.897. The lowest BCUT2D eigenvalue weighted by molar-refractivity contribution is 0.0721. The largest absolute Gasteiger partial charge is 0.417 e. The molecule has 0 radical (unpaired) electrons. The molecule has 1 N–H and O–H groups in total. The summed E-state index contributed by atoms with van der Waals surface area (Å²) in [5.41, 5.74) is 1.62. The van der Waals surface area contributed by atoms with E-state index in [1.165, 1.54) is 12.8 Å². The van der Waals surface area contributed by atoms with Crippen LogP contribution < -0.4 is 5.76 Å². The fourth-order valence-electron chi connectivity index (χ4n) is 4.23. The summed E-state index contributed by atoms with van der Waals surface area (Å²) >= 11 is 0. The molecule has 2 fully saturated rings. The van der Waals surface area contributed by atoms with Crippen LogP contribution in [0.2, 0.25) is 0 Å². The highest BCUT2D eigenvalue weighted by Gasteiger charge is 2.33. The van der Waals surface area contributed by atoms with Crippen molar-refractivity contribution < 1.29 is 9.21 Å². The zero-order valence-corrected chi connectivity index (χ0v) is 15.4. The second kappa shape index (κ2) is 6.89. The minimum atomic E-state index is -0.498. The number of fused-ring (bicyclic) bond motifs is 1. The fraction of sp³-hybridized carbons (Fsp3) is 0.579. The van der Waals surface area contributed by atoms with Gasteiger partial charge >= 0.3 is 5.76 Å². The number of nitrogens with one attached hydrogen (secondary N) is 1. The molecule has 1 aromatic carbocycles. The van der Waals surface area contributed by atoms with Gasteiger partial charge in [-0.25, -0.2) is 4.79 Å². The van der Waals surface area contributed by atoms with E-state index in [0.717, 1.165) is 32.6 Å². The molecular weight excluding hydrogens is 332 g/mol. The van der Waals surface area contributed by atoms with Crippen molar-refractivity contribution in [1.29, 1.82) is 0 Å². The van der Waals surface area contributed by atoms with Gasteiger partial charge in [-0.05, 0) is 57.6 Å². The molecule has 2 aromatic rings. The van der Waals surface area contributed by atoms with E-state index in [0.29, 0.717) is 22.7 Å². The summed E-state index contributed by atoms with van der Waals surface area (Å²) in [6.07, 6.45) is 3.44. The van der Waals surface area contributed by atoms with E-state index in [1.54, 1.807) is 18.2 Å². The van der Waals surface area contributed by atoms with Gasteiger partial charge in [0.2, 0.25) is 0 Å². The maximum atomic E-state index is 12.9. The first kappa shape index (κ1) is 17.3. The molecule has 26 heavy (non-hydrogen) atoms. The molecule has 140 valence electrons. The highest BCUT2D eigenvalue weighted by Crippen LogP contribution is 2.24. The average molecular weight is 358 g/mol. The van der Waals surface area contributed by atoms with E-state index < -0.39 is 5.76 Å². The molecule has 0 bridgehead atoms. The molecule has 4 rings (SSSR count). The van der Waals surface area contributed by atoms with Crippen molar-refractivity contribution in [3.8, 4) is 0 Å². The van der Waals surface area contributed by atoms with Crippen molar-refractivity contribution in [1.82, 2.24) is 19.7 Å². The number of likely N-dealkylation sites (N-methyl/N-ethyl adjacent to an activating group) is 1. The minimum absolute atomic E-state index is 0.0100. The third-order valence-electron chi connectivity index (χ3n) is 5.93. The molecule has 2 aliphatic rings. The Morgan fingerprint density at radius 3 is 2.77 bits per heavy atom. The van der Waals surface area contributed by atoms with Crippen LogP contribution in [0.15, 0.2) is 27.4 Å². The highest BCUT2D eigenvalue weighted by molar-refractivity contribution is 5.97. The van der Waals surface area contributed by atoms with Gasteiger partial charge in [-0.2, -0.15) is 0 Å². The third kappa shape index (κ3) is 3.29. The Labute approximate surface area is 152 Å². The van der Waals surface area contributed by atoms with Crippen LogP contribution in [-0.4, -0.2) is 77.9 Å². The number of nitrogens with zero attached hydrogens (tertiary/aromatic N) is 3. The molecule has 1 atom stereocenters. The topological polar surface area (TPSA) is 72.8 Å². The Bertz CT molecular complexity index is 850. The Morgan fingerprint density at radius 1 is 1.23 bits per heavy atom. The number of hydrogen-bond donors (Lipinski definition) is 1. The van der Waals surface area contributed by atoms with Crippen LogP contribution in [0, 0.1) is 0 Å². The zero-order valence-electron chi connectivity index (χ0n) is 15.4. The lowest BCUT2D eigenvalue weighted by atomic mass is 10.0. The summed E-state index contributed by atoms with van der Waals surface area (Å²) in [4.78, 5) is 33.6. The molecule has 1 amide bonds. The van der Waals surface area contributed by atoms with Crippen molar-refractivity contribution in [2.75, 3.05) is 40.3 Å². The van der Waals surface area contributed by atoms with Crippen molar-refractivity contribution in [2.24, 2.45) is 0 Å². The van der Waals surface area contributed by atoms with Crippen molar-refractivity contribution in [3.63, 3.8) is 0 Å². The van der Waals surface area contributed by atoms with E-state index in [1.807, 2.05) is 11.9 Å². The third-order valence-corrected chi connectivity index (χ3v) is 5.93. The Kier molecular flexibility index (Phi) is 4.58. The standard InChI is InChI=1S/C19H26N4O3/c1-21-8-5-14(6-9-21)23-10-7-15(12-23)22(2)18(24)13-3-4-17-16(11-13)20-19(25)26-17/h3-4,11,14-15H,5-10,12H2,1-2H3,(H,20,25). The van der Waals surface area contributed by atoms with Gasteiger partial charge in [-0.15, -0.1) is 0 Å². The molecule has 0 spiro atoms. The predicted octanol–water partition coefficient (Wildman–Crippen LogP) is 1.36. The summed E-state index contributed by atoms with van der Waals surface area (Å²) in [5, 5.41) is 0. The second-order valence-corrected chi connectivity index (χ2v) is 7.61. The maximum absolute atomic E-state index is 12.9. The van der Waals surface area contributed by atoms with E-state index in [9.17, 15) is 9.59 Å². The van der Waals surface area contributed by atoms with Gasteiger partial charge in [0.15, 0.2) is 5.58 Å². The summed E-state index contributed by atoms with van der Waals surface area (Å²) in [6.45, 7) is 4.32. The van der Waals surface area contributed by atoms with Crippen LogP contribution in [0.25, 0.3) is 11.1 Å². The first-order valence-corrected chi connectivity index (χ1v) is 9.34. The normalized spacial score (nSPS) is 22.9. The van der Waals surface area contributed by atoms with Crippen LogP contribution in [0.4, 0.5) is 0 Å². The Morgan fingerprint density at radius 2 is 2.00 bits per heavy atom. The SMILES string of the molecule is CN1CCC(N2CCC(N(C)C(=O)c3ccc4oc(=O)[nH]c4c3)C2)CC1. The van der Waals surface area contributed by atoms with Crippen LogP contribution >= 0.6 is 0 Å². The van der Waals surface area contributed by atoms with Crippen LogP contribution in [0.5, 0.6) is 0 Å². The number of benzene rings is 1. The van der Waals surface area contributed by atoms with Crippen molar-refractivity contribution in [2.45, 2.75) is 31.3 Å². The molecule has 1 unspecified atom stereocenters. The number of aromatic amines is 1. The fourth-order valence-corrected chi connectivity index (χ4v) is 4.23. The lowest BCUT2D eigenvalue weighted by Crippen LogP contribution is -2.45. The van der Waals surface area contributed by atoms with Gasteiger partial charge in [-0.3, -0.25) is 14.7 Å². The van der Waals surface area contributed by atoms with Crippen LogP contribution in [-0.2, 0) is 0 Å². The van der Waals surface area contributed by atoms with Gasteiger partial charge < -0.3 is 14.2 Å². The molecule has 7 heteroatoms. The summed E-state index contributed by atoms with van der Waals surface area (Å²) in [6, 6.07) is 5.98. The molecule has 1 aromatic heterocycles. The monoisotopic (exact) mass is 358 g/mol. The summed E-state index contributed by atoms with van der Waals surface area (Å²) < 4.78 is 5.01. The number of aromatic nitrogens is 1. The lowest BCUT2D eigenvalue weighted by Gasteiger charge is -2.35. The first-order valence-electron chi connectivity index (χ1n) is 9.34. The number of piperidine rings is 1. The second-order valence-electron chi connectivity index (χ2n) is 7.61. The van der Waals surface area contributed by atoms with E-state index >= 15 is 0 Å². The number of carbonyl (C=O) groups excluding carboxylic acids is 1. The molecule has 0 saturated carbocycles.